The number of alkyl halides is 1. The molecule has 0 unspecified atom stereocenters. The van der Waals surface area contributed by atoms with Crippen molar-refractivity contribution in [3.63, 3.8) is 0 Å². The molecule has 3 heterocycles. The number of hydrogen-bond donors (Lipinski definition) is 1. The summed E-state index contributed by atoms with van der Waals surface area (Å²) < 4.78 is 23.0. The van der Waals surface area contributed by atoms with Crippen molar-refractivity contribution in [1.82, 2.24) is 14.7 Å². The quantitative estimate of drug-likeness (QED) is 0.386. The van der Waals surface area contributed by atoms with Crippen LogP contribution < -0.4 is 0 Å². The van der Waals surface area contributed by atoms with E-state index in [1.54, 1.807) is 30.5 Å². The SMILES string of the molecule is Cc1noc(C)c1-c1cnc2c(-c3ccccc3C(=O)O)cn(CC3(F)CCCCC3)c2c1. The molecule has 0 amide bonds. The van der Waals surface area contributed by atoms with E-state index in [1.165, 1.54) is 0 Å². The summed E-state index contributed by atoms with van der Waals surface area (Å²) in [7, 11) is 0. The van der Waals surface area contributed by atoms with Crippen molar-refractivity contribution in [3.05, 3.63) is 59.7 Å². The molecular weight excluding hydrogens is 421 g/mol. The minimum Gasteiger partial charge on any atom is -0.478 e. The molecule has 1 saturated carbocycles. The fourth-order valence-corrected chi connectivity index (χ4v) is 5.08. The lowest BCUT2D eigenvalue weighted by atomic mass is 9.86. The number of carboxylic acids is 1. The van der Waals surface area contributed by atoms with Crippen LogP contribution >= 0.6 is 0 Å². The summed E-state index contributed by atoms with van der Waals surface area (Å²) in [6.07, 6.45) is 7.49. The van der Waals surface area contributed by atoms with E-state index in [0.29, 0.717) is 35.2 Å². The first-order chi connectivity index (χ1) is 15.9. The number of carboxylic acid groups (broad SMARTS) is 1. The van der Waals surface area contributed by atoms with Gasteiger partial charge >= 0.3 is 5.97 Å². The lowest BCUT2D eigenvalue weighted by Gasteiger charge is -2.30. The minimum absolute atomic E-state index is 0.195. The largest absolute Gasteiger partial charge is 0.478 e. The molecule has 7 heteroatoms. The number of aromatic carboxylic acids is 1. The van der Waals surface area contributed by atoms with Crippen molar-refractivity contribution in [2.75, 3.05) is 0 Å². The van der Waals surface area contributed by atoms with Crippen molar-refractivity contribution < 1.29 is 18.8 Å². The zero-order chi connectivity index (χ0) is 23.2. The van der Waals surface area contributed by atoms with Crippen LogP contribution in [0.15, 0.2) is 47.2 Å². The Bertz CT molecular complexity index is 1330. The molecule has 0 atom stereocenters. The second-order valence-corrected chi connectivity index (χ2v) is 9.02. The first-order valence-corrected chi connectivity index (χ1v) is 11.3. The molecule has 1 N–H and O–H groups in total. The van der Waals surface area contributed by atoms with Gasteiger partial charge in [0, 0.05) is 29.1 Å². The lowest BCUT2D eigenvalue weighted by molar-refractivity contribution is 0.0697. The molecule has 1 aromatic carbocycles. The Morgan fingerprint density at radius 3 is 2.64 bits per heavy atom. The van der Waals surface area contributed by atoms with Crippen molar-refractivity contribution in [1.29, 1.82) is 0 Å². The van der Waals surface area contributed by atoms with Crippen LogP contribution in [0.25, 0.3) is 33.3 Å². The second-order valence-electron chi connectivity index (χ2n) is 9.02. The molecule has 5 rings (SSSR count). The van der Waals surface area contributed by atoms with Crippen molar-refractivity contribution in [3.8, 4) is 22.3 Å². The minimum atomic E-state index is -1.28. The Morgan fingerprint density at radius 2 is 1.94 bits per heavy atom. The summed E-state index contributed by atoms with van der Waals surface area (Å²) in [6, 6.07) is 8.84. The van der Waals surface area contributed by atoms with Gasteiger partial charge in [0.2, 0.25) is 0 Å². The smallest absolute Gasteiger partial charge is 0.336 e. The predicted octanol–water partition coefficient (Wildman–Crippen LogP) is 6.35. The van der Waals surface area contributed by atoms with Gasteiger partial charge in [-0.1, -0.05) is 42.6 Å². The first kappa shape index (κ1) is 21.4. The summed E-state index contributed by atoms with van der Waals surface area (Å²) in [5, 5.41) is 13.8. The fourth-order valence-electron chi connectivity index (χ4n) is 5.08. The zero-order valence-electron chi connectivity index (χ0n) is 18.8. The molecule has 0 saturated heterocycles. The maximum Gasteiger partial charge on any atom is 0.336 e. The Hall–Kier alpha value is -3.48. The molecule has 0 spiro atoms. The highest BCUT2D eigenvalue weighted by molar-refractivity contribution is 6.02. The summed E-state index contributed by atoms with van der Waals surface area (Å²) in [5.41, 5.74) is 4.06. The van der Waals surface area contributed by atoms with Gasteiger partial charge in [-0.25, -0.2) is 9.18 Å². The first-order valence-electron chi connectivity index (χ1n) is 11.3. The van der Waals surface area contributed by atoms with Crippen LogP contribution in [0.5, 0.6) is 0 Å². The third-order valence-corrected chi connectivity index (χ3v) is 6.69. The summed E-state index contributed by atoms with van der Waals surface area (Å²) in [4.78, 5) is 16.6. The lowest BCUT2D eigenvalue weighted by Crippen LogP contribution is -2.31. The monoisotopic (exact) mass is 447 g/mol. The van der Waals surface area contributed by atoms with Crippen molar-refractivity contribution in [2.45, 2.75) is 58.2 Å². The van der Waals surface area contributed by atoms with Gasteiger partial charge in [-0.15, -0.1) is 0 Å². The molecular formula is C26H26FN3O3. The molecule has 0 bridgehead atoms. The van der Waals surface area contributed by atoms with E-state index in [1.807, 2.05) is 30.7 Å². The highest BCUT2D eigenvalue weighted by Gasteiger charge is 2.33. The van der Waals surface area contributed by atoms with Gasteiger partial charge in [0.25, 0.3) is 0 Å². The van der Waals surface area contributed by atoms with E-state index in [0.717, 1.165) is 41.6 Å². The highest BCUT2D eigenvalue weighted by Crippen LogP contribution is 2.38. The van der Waals surface area contributed by atoms with E-state index in [2.05, 4.69) is 5.16 Å². The summed E-state index contributed by atoms with van der Waals surface area (Å²) >= 11 is 0. The third-order valence-electron chi connectivity index (χ3n) is 6.69. The van der Waals surface area contributed by atoms with Crippen LogP contribution in [0.1, 0.15) is 53.9 Å². The number of rotatable bonds is 5. The Balaban J connectivity index is 1.71. The molecule has 6 nitrogen and oxygen atoms in total. The fraction of sp³-hybridized carbons (Fsp3) is 0.346. The molecule has 33 heavy (non-hydrogen) atoms. The number of aryl methyl sites for hydroxylation is 2. The van der Waals surface area contributed by atoms with Gasteiger partial charge in [0.1, 0.15) is 11.4 Å². The number of carbonyl (C=O) groups is 1. The van der Waals surface area contributed by atoms with Gasteiger partial charge in [-0.05, 0) is 44.4 Å². The predicted molar refractivity (Wildman–Crippen MR) is 124 cm³/mol. The third kappa shape index (κ3) is 3.81. The molecule has 170 valence electrons. The number of pyridine rings is 1. The molecule has 1 aliphatic rings. The normalized spacial score (nSPS) is 15.7. The van der Waals surface area contributed by atoms with Crippen LogP contribution in [0.4, 0.5) is 4.39 Å². The zero-order valence-corrected chi connectivity index (χ0v) is 18.8. The number of benzene rings is 1. The van der Waals surface area contributed by atoms with Crippen LogP contribution in [-0.4, -0.2) is 31.5 Å². The average Bonchev–Trinajstić information content (AvgIpc) is 3.32. The Kier molecular flexibility index (Phi) is 5.27. The number of halogens is 1. The summed E-state index contributed by atoms with van der Waals surface area (Å²) in [6.45, 7) is 3.94. The maximum absolute atomic E-state index is 15.7. The number of nitrogens with zero attached hydrogens (tertiary/aromatic N) is 3. The molecule has 0 radical (unpaired) electrons. The van der Waals surface area contributed by atoms with Crippen LogP contribution in [0.3, 0.4) is 0 Å². The molecule has 1 aliphatic carbocycles. The number of fused-ring (bicyclic) bond motifs is 1. The standard InChI is InChI=1S/C26H26FN3O3/c1-16-23(17(2)33-29-16)18-12-22-24(28-13-18)21(19-8-4-5-9-20(19)25(31)32)14-30(22)15-26(27)10-6-3-7-11-26/h4-5,8-9,12-14H,3,6-7,10-11,15H2,1-2H3,(H,31,32). The summed E-state index contributed by atoms with van der Waals surface area (Å²) in [5.74, 6) is -0.314. The molecule has 4 aromatic rings. The van der Waals surface area contributed by atoms with Gasteiger partial charge in [0.05, 0.1) is 28.8 Å². The van der Waals surface area contributed by atoms with Crippen LogP contribution in [0.2, 0.25) is 0 Å². The maximum atomic E-state index is 15.7. The second kappa shape index (κ2) is 8.14. The molecule has 3 aromatic heterocycles. The topological polar surface area (TPSA) is 81.2 Å². The van der Waals surface area contributed by atoms with E-state index < -0.39 is 11.6 Å². The van der Waals surface area contributed by atoms with Crippen molar-refractivity contribution >= 4 is 17.0 Å². The van der Waals surface area contributed by atoms with Gasteiger partial charge in [-0.2, -0.15) is 0 Å². The number of hydrogen-bond acceptors (Lipinski definition) is 4. The average molecular weight is 448 g/mol. The van der Waals surface area contributed by atoms with Crippen LogP contribution in [0, 0.1) is 13.8 Å². The molecule has 0 aliphatic heterocycles. The highest BCUT2D eigenvalue weighted by atomic mass is 19.1. The van der Waals surface area contributed by atoms with Crippen LogP contribution in [-0.2, 0) is 6.54 Å². The molecule has 1 fully saturated rings. The van der Waals surface area contributed by atoms with Gasteiger partial charge in [-0.3, -0.25) is 4.98 Å². The van der Waals surface area contributed by atoms with Gasteiger partial charge < -0.3 is 14.2 Å². The van der Waals surface area contributed by atoms with E-state index in [9.17, 15) is 9.90 Å². The van der Waals surface area contributed by atoms with E-state index in [-0.39, 0.29) is 12.1 Å². The van der Waals surface area contributed by atoms with E-state index in [4.69, 9.17) is 9.51 Å². The Morgan fingerprint density at radius 1 is 1.18 bits per heavy atom. The van der Waals surface area contributed by atoms with Gasteiger partial charge in [0.15, 0.2) is 0 Å². The Labute approximate surface area is 191 Å². The van der Waals surface area contributed by atoms with Crippen molar-refractivity contribution in [2.24, 2.45) is 0 Å². The van der Waals surface area contributed by atoms with E-state index >= 15 is 4.39 Å². The number of aromatic nitrogens is 3.